The summed E-state index contributed by atoms with van der Waals surface area (Å²) in [4.78, 5) is 17.1. The second kappa shape index (κ2) is 6.22. The van der Waals surface area contributed by atoms with Crippen molar-refractivity contribution in [3.8, 4) is 0 Å². The lowest BCUT2D eigenvalue weighted by molar-refractivity contribution is 0.0697. The molecule has 0 aliphatic carbocycles. The first-order valence-corrected chi connectivity index (χ1v) is 7.22. The van der Waals surface area contributed by atoms with Gasteiger partial charge in [-0.25, -0.2) is 4.39 Å². The van der Waals surface area contributed by atoms with Crippen LogP contribution in [0.25, 0.3) is 0 Å². The van der Waals surface area contributed by atoms with Crippen LogP contribution in [0.1, 0.15) is 35.9 Å². The number of benzene rings is 1. The number of amides is 1. The van der Waals surface area contributed by atoms with E-state index in [1.807, 2.05) is 13.8 Å². The van der Waals surface area contributed by atoms with Crippen molar-refractivity contribution in [2.45, 2.75) is 19.9 Å². The topological polar surface area (TPSA) is 36.1 Å². The van der Waals surface area contributed by atoms with E-state index >= 15 is 0 Å². The molecule has 2 rings (SSSR count). The summed E-state index contributed by atoms with van der Waals surface area (Å²) in [6.45, 7) is 4.44. The van der Waals surface area contributed by atoms with Gasteiger partial charge in [-0.1, -0.05) is 12.1 Å². The number of halogens is 2. The molecule has 0 bridgehead atoms. The molecule has 106 valence electrons. The van der Waals surface area contributed by atoms with E-state index in [-0.39, 0.29) is 17.8 Å². The molecule has 0 spiro atoms. The number of carbonyl (C=O) groups is 1. The summed E-state index contributed by atoms with van der Waals surface area (Å²) < 4.78 is 13.8. The van der Waals surface area contributed by atoms with E-state index in [1.165, 1.54) is 12.1 Å². The van der Waals surface area contributed by atoms with E-state index in [0.717, 1.165) is 10.0 Å². The van der Waals surface area contributed by atoms with Gasteiger partial charge >= 0.3 is 0 Å². The Morgan fingerprint density at radius 2 is 2.05 bits per heavy atom. The third-order valence-corrected chi connectivity index (χ3v) is 3.76. The minimum atomic E-state index is -0.274. The van der Waals surface area contributed by atoms with Gasteiger partial charge in [-0.15, -0.1) is 0 Å². The summed E-state index contributed by atoms with van der Waals surface area (Å²) in [6.07, 6.45) is 1.73. The number of carbonyl (C=O) groups excluding carboxylic acids is 1. The fraction of sp³-hybridized carbons (Fsp3) is 0.267. The van der Waals surface area contributed by atoms with Crippen molar-refractivity contribution in [2.75, 3.05) is 6.54 Å². The fourth-order valence-electron chi connectivity index (χ4n) is 2.16. The van der Waals surface area contributed by atoms with E-state index in [2.05, 4.69) is 20.9 Å². The van der Waals surface area contributed by atoms with Crippen molar-refractivity contribution in [1.82, 2.24) is 9.88 Å². The van der Waals surface area contributed by atoms with E-state index in [9.17, 15) is 9.18 Å². The highest BCUT2D eigenvalue weighted by molar-refractivity contribution is 9.10. The Morgan fingerprint density at radius 1 is 1.40 bits per heavy atom. The quantitative estimate of drug-likeness (QED) is 0.893. The number of nitrogens with one attached hydrogen (secondary N) is 1. The van der Waals surface area contributed by atoms with Crippen LogP contribution in [0.3, 0.4) is 0 Å². The summed E-state index contributed by atoms with van der Waals surface area (Å²) in [5.74, 6) is -0.348. The second-order valence-corrected chi connectivity index (χ2v) is 5.47. The number of aromatic nitrogens is 1. The SMILES string of the molecule is CCN(C(=O)c1cc(Br)c[nH]1)C(C)c1ccc(F)cc1. The van der Waals surface area contributed by atoms with Gasteiger partial charge in [-0.3, -0.25) is 4.79 Å². The molecular formula is C15H16BrFN2O. The van der Waals surface area contributed by atoms with Crippen molar-refractivity contribution < 1.29 is 9.18 Å². The molecule has 0 radical (unpaired) electrons. The molecule has 0 aliphatic heterocycles. The van der Waals surface area contributed by atoms with Crippen LogP contribution in [-0.4, -0.2) is 22.3 Å². The monoisotopic (exact) mass is 338 g/mol. The normalized spacial score (nSPS) is 12.2. The van der Waals surface area contributed by atoms with Crippen molar-refractivity contribution in [2.24, 2.45) is 0 Å². The largest absolute Gasteiger partial charge is 0.356 e. The molecule has 1 aromatic heterocycles. The highest BCUT2D eigenvalue weighted by Crippen LogP contribution is 2.23. The molecule has 1 amide bonds. The van der Waals surface area contributed by atoms with E-state index in [4.69, 9.17) is 0 Å². The van der Waals surface area contributed by atoms with Crippen molar-refractivity contribution >= 4 is 21.8 Å². The van der Waals surface area contributed by atoms with Crippen LogP contribution in [0.15, 0.2) is 41.0 Å². The Kier molecular flexibility index (Phi) is 4.60. The van der Waals surface area contributed by atoms with Crippen LogP contribution in [-0.2, 0) is 0 Å². The highest BCUT2D eigenvalue weighted by Gasteiger charge is 2.22. The van der Waals surface area contributed by atoms with E-state index in [0.29, 0.717) is 12.2 Å². The minimum absolute atomic E-state index is 0.0741. The zero-order valence-electron chi connectivity index (χ0n) is 11.4. The van der Waals surface area contributed by atoms with E-state index in [1.54, 1.807) is 29.3 Å². The second-order valence-electron chi connectivity index (χ2n) is 4.55. The van der Waals surface area contributed by atoms with E-state index < -0.39 is 0 Å². The molecule has 20 heavy (non-hydrogen) atoms. The number of hydrogen-bond donors (Lipinski definition) is 1. The summed E-state index contributed by atoms with van der Waals surface area (Å²) in [6, 6.07) is 7.88. The fourth-order valence-corrected chi connectivity index (χ4v) is 2.50. The Labute approximate surface area is 125 Å². The molecule has 1 atom stereocenters. The maximum atomic E-state index is 13.0. The number of hydrogen-bond acceptors (Lipinski definition) is 1. The molecular weight excluding hydrogens is 323 g/mol. The van der Waals surface area contributed by atoms with Gasteiger partial charge in [0.05, 0.1) is 6.04 Å². The van der Waals surface area contributed by atoms with Gasteiger partial charge in [0.15, 0.2) is 0 Å². The summed E-state index contributed by atoms with van der Waals surface area (Å²) >= 11 is 3.32. The Bertz CT molecular complexity index is 594. The van der Waals surface area contributed by atoms with Crippen LogP contribution >= 0.6 is 15.9 Å². The van der Waals surface area contributed by atoms with Crippen LogP contribution in [0.4, 0.5) is 4.39 Å². The van der Waals surface area contributed by atoms with Crippen molar-refractivity contribution in [3.63, 3.8) is 0 Å². The Hall–Kier alpha value is -1.62. The number of nitrogens with zero attached hydrogens (tertiary/aromatic N) is 1. The highest BCUT2D eigenvalue weighted by atomic mass is 79.9. The molecule has 0 saturated carbocycles. The first kappa shape index (κ1) is 14.8. The lowest BCUT2D eigenvalue weighted by Crippen LogP contribution is -2.33. The maximum absolute atomic E-state index is 13.0. The van der Waals surface area contributed by atoms with Crippen molar-refractivity contribution in [1.29, 1.82) is 0 Å². The molecule has 0 fully saturated rings. The zero-order valence-corrected chi connectivity index (χ0v) is 12.9. The molecule has 0 aliphatic rings. The smallest absolute Gasteiger partial charge is 0.270 e. The first-order chi connectivity index (χ1) is 9.52. The average molecular weight is 339 g/mol. The van der Waals surface area contributed by atoms with Gasteiger partial charge in [0, 0.05) is 17.2 Å². The van der Waals surface area contributed by atoms with Gasteiger partial charge in [-0.05, 0) is 53.5 Å². The van der Waals surface area contributed by atoms with Gasteiger partial charge in [0.1, 0.15) is 11.5 Å². The molecule has 0 saturated heterocycles. The number of rotatable bonds is 4. The Balaban J connectivity index is 2.23. The molecule has 1 heterocycles. The maximum Gasteiger partial charge on any atom is 0.270 e. The molecule has 1 aromatic carbocycles. The van der Waals surface area contributed by atoms with Crippen LogP contribution in [0, 0.1) is 5.82 Å². The third kappa shape index (κ3) is 3.10. The van der Waals surface area contributed by atoms with Crippen molar-refractivity contribution in [3.05, 3.63) is 58.1 Å². The molecule has 5 heteroatoms. The summed E-state index contributed by atoms with van der Waals surface area (Å²) in [5.41, 5.74) is 1.44. The third-order valence-electron chi connectivity index (χ3n) is 3.30. The predicted molar refractivity (Wildman–Crippen MR) is 80.0 cm³/mol. The van der Waals surface area contributed by atoms with Crippen LogP contribution in [0.5, 0.6) is 0 Å². The molecule has 3 nitrogen and oxygen atoms in total. The first-order valence-electron chi connectivity index (χ1n) is 6.43. The molecule has 2 aromatic rings. The van der Waals surface area contributed by atoms with Gasteiger partial charge in [-0.2, -0.15) is 0 Å². The summed E-state index contributed by atoms with van der Waals surface area (Å²) in [5, 5.41) is 0. The predicted octanol–water partition coefficient (Wildman–Crippen LogP) is 4.14. The number of H-pyrrole nitrogens is 1. The lowest BCUT2D eigenvalue weighted by atomic mass is 10.1. The van der Waals surface area contributed by atoms with Gasteiger partial charge in [0.2, 0.25) is 0 Å². The summed E-state index contributed by atoms with van der Waals surface area (Å²) in [7, 11) is 0. The van der Waals surface area contributed by atoms with Gasteiger partial charge in [0.25, 0.3) is 5.91 Å². The average Bonchev–Trinajstić information content (AvgIpc) is 2.86. The number of aromatic amines is 1. The van der Waals surface area contributed by atoms with Crippen LogP contribution in [0.2, 0.25) is 0 Å². The zero-order chi connectivity index (χ0) is 14.7. The Morgan fingerprint density at radius 3 is 2.55 bits per heavy atom. The minimum Gasteiger partial charge on any atom is -0.356 e. The molecule has 1 N–H and O–H groups in total. The van der Waals surface area contributed by atoms with Gasteiger partial charge < -0.3 is 9.88 Å². The van der Waals surface area contributed by atoms with Crippen LogP contribution < -0.4 is 0 Å². The lowest BCUT2D eigenvalue weighted by Gasteiger charge is -2.28. The molecule has 1 unspecified atom stereocenters. The standard InChI is InChI=1S/C15H16BrFN2O/c1-3-19(15(20)14-8-12(16)9-18-14)10(2)11-4-6-13(17)7-5-11/h4-10,18H,3H2,1-2H3.